The van der Waals surface area contributed by atoms with Gasteiger partial charge in [-0.1, -0.05) is 11.6 Å². The molecular weight excluding hydrogens is 338 g/mol. The fourth-order valence-electron chi connectivity index (χ4n) is 1.86. The standard InChI is InChI=1S/C16H14ClNO4S/c17-13-3-7-16(8-4-13)23(20,21)11-14(19)10-22-15-5-1-12(9-18)2-6-15/h1-8,14,19H,10-11H2/t14-/m0/s1. The van der Waals surface area contributed by atoms with Crippen LogP contribution in [-0.2, 0) is 9.84 Å². The molecular formula is C16H14ClNO4S. The molecule has 2 aromatic carbocycles. The zero-order chi connectivity index (χ0) is 16.9. The summed E-state index contributed by atoms with van der Waals surface area (Å²) in [6, 6.07) is 14.0. The molecule has 0 fully saturated rings. The molecule has 0 saturated heterocycles. The van der Waals surface area contributed by atoms with Crippen molar-refractivity contribution in [3.63, 3.8) is 0 Å². The highest BCUT2D eigenvalue weighted by atomic mass is 35.5. The molecule has 23 heavy (non-hydrogen) atoms. The number of sulfone groups is 1. The van der Waals surface area contributed by atoms with Gasteiger partial charge in [0.1, 0.15) is 18.5 Å². The first-order valence-corrected chi connectivity index (χ1v) is 8.73. The van der Waals surface area contributed by atoms with E-state index in [1.165, 1.54) is 24.3 Å². The van der Waals surface area contributed by atoms with Crippen LogP contribution in [0.3, 0.4) is 0 Å². The van der Waals surface area contributed by atoms with E-state index in [-0.39, 0.29) is 11.5 Å². The molecule has 1 atom stereocenters. The lowest BCUT2D eigenvalue weighted by Crippen LogP contribution is -2.27. The van der Waals surface area contributed by atoms with E-state index in [9.17, 15) is 13.5 Å². The number of hydrogen-bond acceptors (Lipinski definition) is 5. The van der Waals surface area contributed by atoms with Crippen LogP contribution < -0.4 is 4.74 Å². The number of benzene rings is 2. The summed E-state index contributed by atoms with van der Waals surface area (Å²) in [6.45, 7) is -0.168. The number of halogens is 1. The van der Waals surface area contributed by atoms with E-state index in [0.29, 0.717) is 16.3 Å². The van der Waals surface area contributed by atoms with Crippen molar-refractivity contribution in [1.82, 2.24) is 0 Å². The Balaban J connectivity index is 1.94. The van der Waals surface area contributed by atoms with E-state index in [4.69, 9.17) is 21.6 Å². The van der Waals surface area contributed by atoms with Crippen molar-refractivity contribution < 1.29 is 18.3 Å². The number of aliphatic hydroxyl groups is 1. The topological polar surface area (TPSA) is 87.4 Å². The smallest absolute Gasteiger partial charge is 0.181 e. The monoisotopic (exact) mass is 351 g/mol. The van der Waals surface area contributed by atoms with Gasteiger partial charge in [0.2, 0.25) is 0 Å². The van der Waals surface area contributed by atoms with Crippen LogP contribution in [0.4, 0.5) is 0 Å². The summed E-state index contributed by atoms with van der Waals surface area (Å²) in [7, 11) is -3.62. The zero-order valence-electron chi connectivity index (χ0n) is 12.0. The second kappa shape index (κ2) is 7.47. The van der Waals surface area contributed by atoms with E-state index in [2.05, 4.69) is 0 Å². The quantitative estimate of drug-likeness (QED) is 0.863. The summed E-state index contributed by atoms with van der Waals surface area (Å²) < 4.78 is 29.6. The maximum atomic E-state index is 12.2. The van der Waals surface area contributed by atoms with Crippen LogP contribution >= 0.6 is 11.6 Å². The largest absolute Gasteiger partial charge is 0.491 e. The second-order valence-electron chi connectivity index (χ2n) is 4.84. The highest BCUT2D eigenvalue weighted by molar-refractivity contribution is 7.91. The summed E-state index contributed by atoms with van der Waals surface area (Å²) in [4.78, 5) is 0.0966. The van der Waals surface area contributed by atoms with Gasteiger partial charge in [-0.3, -0.25) is 0 Å². The Hall–Kier alpha value is -2.07. The Kier molecular flexibility index (Phi) is 5.61. The van der Waals surface area contributed by atoms with Gasteiger partial charge in [0.15, 0.2) is 9.84 Å². The van der Waals surface area contributed by atoms with Crippen LogP contribution in [0.25, 0.3) is 0 Å². The average molecular weight is 352 g/mol. The third-order valence-electron chi connectivity index (χ3n) is 3.01. The lowest BCUT2D eigenvalue weighted by Gasteiger charge is -2.13. The molecule has 0 amide bonds. The maximum Gasteiger partial charge on any atom is 0.181 e. The number of hydrogen-bond donors (Lipinski definition) is 1. The average Bonchev–Trinajstić information content (AvgIpc) is 2.53. The molecule has 1 N–H and O–H groups in total. The molecule has 0 spiro atoms. The Labute approximate surface area is 139 Å². The lowest BCUT2D eigenvalue weighted by atomic mass is 10.2. The number of ether oxygens (including phenoxy) is 1. The van der Waals surface area contributed by atoms with Crippen LogP contribution in [0.1, 0.15) is 5.56 Å². The minimum atomic E-state index is -3.62. The maximum absolute atomic E-state index is 12.2. The van der Waals surface area contributed by atoms with E-state index >= 15 is 0 Å². The number of rotatable bonds is 6. The summed E-state index contributed by atoms with van der Waals surface area (Å²) in [5, 5.41) is 19.0. The first-order valence-electron chi connectivity index (χ1n) is 6.70. The van der Waals surface area contributed by atoms with Crippen LogP contribution in [0.2, 0.25) is 5.02 Å². The van der Waals surface area contributed by atoms with Crippen LogP contribution in [0.5, 0.6) is 5.75 Å². The predicted octanol–water partition coefficient (Wildman–Crippen LogP) is 2.43. The molecule has 0 aliphatic carbocycles. The third-order valence-corrected chi connectivity index (χ3v) is 5.08. The van der Waals surface area contributed by atoms with Gasteiger partial charge < -0.3 is 9.84 Å². The van der Waals surface area contributed by atoms with Gasteiger partial charge in [-0.25, -0.2) is 8.42 Å². The van der Waals surface area contributed by atoms with Crippen molar-refractivity contribution in [3.05, 3.63) is 59.1 Å². The Morgan fingerprint density at radius 2 is 1.74 bits per heavy atom. The first kappa shape index (κ1) is 17.3. The van der Waals surface area contributed by atoms with E-state index in [1.54, 1.807) is 24.3 Å². The fourth-order valence-corrected chi connectivity index (χ4v) is 3.33. The van der Waals surface area contributed by atoms with Gasteiger partial charge in [-0.15, -0.1) is 0 Å². The number of aliphatic hydroxyl groups excluding tert-OH is 1. The van der Waals surface area contributed by atoms with Crippen LogP contribution in [-0.4, -0.2) is 32.0 Å². The summed E-state index contributed by atoms with van der Waals surface area (Å²) >= 11 is 5.72. The molecule has 0 bridgehead atoms. The van der Waals surface area contributed by atoms with Crippen molar-refractivity contribution >= 4 is 21.4 Å². The van der Waals surface area contributed by atoms with Gasteiger partial charge in [0, 0.05) is 5.02 Å². The van der Waals surface area contributed by atoms with Gasteiger partial charge >= 0.3 is 0 Å². The molecule has 0 aliphatic heterocycles. The van der Waals surface area contributed by atoms with E-state index < -0.39 is 21.7 Å². The fraction of sp³-hybridized carbons (Fsp3) is 0.188. The Morgan fingerprint density at radius 3 is 2.30 bits per heavy atom. The molecule has 2 rings (SSSR count). The molecule has 0 radical (unpaired) electrons. The molecule has 0 heterocycles. The molecule has 0 saturated carbocycles. The Morgan fingerprint density at radius 1 is 1.13 bits per heavy atom. The minimum Gasteiger partial charge on any atom is -0.491 e. The summed E-state index contributed by atoms with van der Waals surface area (Å²) in [6.07, 6.45) is -1.17. The van der Waals surface area contributed by atoms with Gasteiger partial charge in [-0.05, 0) is 48.5 Å². The zero-order valence-corrected chi connectivity index (χ0v) is 13.6. The molecule has 120 valence electrons. The van der Waals surface area contributed by atoms with Gasteiger partial charge in [-0.2, -0.15) is 5.26 Å². The van der Waals surface area contributed by atoms with Gasteiger partial charge in [0.25, 0.3) is 0 Å². The molecule has 7 heteroatoms. The lowest BCUT2D eigenvalue weighted by molar-refractivity contribution is 0.125. The molecule has 2 aromatic rings. The highest BCUT2D eigenvalue weighted by Gasteiger charge is 2.20. The molecule has 0 unspecified atom stereocenters. The van der Waals surface area contributed by atoms with E-state index in [0.717, 1.165) is 0 Å². The third kappa shape index (κ3) is 4.96. The number of nitriles is 1. The number of nitrogens with zero attached hydrogens (tertiary/aromatic N) is 1. The van der Waals surface area contributed by atoms with Crippen LogP contribution in [0, 0.1) is 11.3 Å². The van der Waals surface area contributed by atoms with Crippen LogP contribution in [0.15, 0.2) is 53.4 Å². The predicted molar refractivity (Wildman–Crippen MR) is 86.2 cm³/mol. The Bertz CT molecular complexity index is 795. The highest BCUT2D eigenvalue weighted by Crippen LogP contribution is 2.17. The van der Waals surface area contributed by atoms with Crippen molar-refractivity contribution in [2.75, 3.05) is 12.4 Å². The second-order valence-corrected chi connectivity index (χ2v) is 7.31. The molecule has 0 aliphatic rings. The van der Waals surface area contributed by atoms with Crippen molar-refractivity contribution in [2.24, 2.45) is 0 Å². The first-order chi connectivity index (χ1) is 10.9. The molecule has 5 nitrogen and oxygen atoms in total. The normalized spacial score (nSPS) is 12.4. The summed E-state index contributed by atoms with van der Waals surface area (Å²) in [5.41, 5.74) is 0.489. The van der Waals surface area contributed by atoms with Gasteiger partial charge in [0.05, 0.1) is 22.3 Å². The van der Waals surface area contributed by atoms with E-state index in [1.807, 2.05) is 6.07 Å². The molecule has 0 aromatic heterocycles. The summed E-state index contributed by atoms with van der Waals surface area (Å²) in [5.74, 6) is -0.00259. The SMILES string of the molecule is N#Cc1ccc(OC[C@H](O)CS(=O)(=O)c2ccc(Cl)cc2)cc1. The van der Waals surface area contributed by atoms with Crippen molar-refractivity contribution in [2.45, 2.75) is 11.0 Å². The van der Waals surface area contributed by atoms with Crippen molar-refractivity contribution in [3.8, 4) is 11.8 Å². The minimum absolute atomic E-state index is 0.0966. The van der Waals surface area contributed by atoms with Crippen molar-refractivity contribution in [1.29, 1.82) is 5.26 Å².